The van der Waals surface area contributed by atoms with Crippen molar-refractivity contribution in [3.8, 4) is 0 Å². The molecule has 0 bridgehead atoms. The molecule has 1 heteroatoms. The third-order valence-corrected chi connectivity index (χ3v) is 1.78. The van der Waals surface area contributed by atoms with Crippen LogP contribution in [0.3, 0.4) is 0 Å². The summed E-state index contributed by atoms with van der Waals surface area (Å²) in [5.41, 5.74) is 0. The van der Waals surface area contributed by atoms with Gasteiger partial charge in [0.15, 0.2) is 0 Å². The monoisotopic (exact) mass is 121 g/mol. The Labute approximate surface area is 56.2 Å². The molecule has 0 fully saturated rings. The summed E-state index contributed by atoms with van der Waals surface area (Å²) in [6.45, 7) is 0. The van der Waals surface area contributed by atoms with E-state index in [4.69, 9.17) is 0 Å². The van der Waals surface area contributed by atoms with Crippen LogP contribution >= 0.6 is 0 Å². The second-order valence-corrected chi connectivity index (χ2v) is 2.40. The van der Waals surface area contributed by atoms with Crippen LogP contribution in [0.25, 0.3) is 0 Å². The van der Waals surface area contributed by atoms with Crippen LogP contribution in [0.15, 0.2) is 36.6 Å². The number of rotatable bonds is 0. The smallest absolute Gasteiger partial charge is 0.0540 e. The highest BCUT2D eigenvalue weighted by molar-refractivity contribution is 5.25. The predicted molar refractivity (Wildman–Crippen MR) is 39.9 cm³/mol. The van der Waals surface area contributed by atoms with E-state index in [1.807, 2.05) is 6.20 Å². The summed E-state index contributed by atoms with van der Waals surface area (Å²) in [5, 5.41) is 3.24. The molecule has 2 atom stereocenters. The van der Waals surface area contributed by atoms with Gasteiger partial charge in [0, 0.05) is 7.34 Å². The van der Waals surface area contributed by atoms with Crippen molar-refractivity contribution in [2.24, 2.45) is 5.92 Å². The van der Waals surface area contributed by atoms with Crippen LogP contribution in [0.2, 0.25) is 0 Å². The van der Waals surface area contributed by atoms with Crippen LogP contribution in [0, 0.1) is 5.92 Å². The highest BCUT2D eigenvalue weighted by Gasteiger charge is 2.17. The second kappa shape index (κ2) is 1.76. The molecule has 0 amide bonds. The number of allylic oxidation sites excluding steroid dienone is 2. The molecular weight excluding hydrogens is 110 g/mol. The lowest BCUT2D eigenvalue weighted by Crippen LogP contribution is -2.23. The average Bonchev–Trinajstić information content (AvgIpc) is 2.33. The van der Waals surface area contributed by atoms with Gasteiger partial charge in [-0.25, -0.2) is 0 Å². The van der Waals surface area contributed by atoms with Crippen molar-refractivity contribution in [2.45, 2.75) is 6.04 Å². The minimum atomic E-state index is 0. The van der Waals surface area contributed by atoms with Gasteiger partial charge in [-0.15, -0.1) is 0 Å². The van der Waals surface area contributed by atoms with Crippen molar-refractivity contribution in [3.63, 3.8) is 0 Å². The zero-order chi connectivity index (χ0) is 6.10. The fraction of sp³-hybridized carbons (Fsp3) is 0.250. The summed E-state index contributed by atoms with van der Waals surface area (Å²) < 4.78 is 0. The maximum absolute atomic E-state index is 3.24. The van der Waals surface area contributed by atoms with E-state index in [-0.39, 0.29) is 1.43 Å². The van der Waals surface area contributed by atoms with E-state index in [0.717, 1.165) is 0 Å². The largest absolute Gasteiger partial charge is 0.384 e. The van der Waals surface area contributed by atoms with Gasteiger partial charge in [0.2, 0.25) is 0 Å². The Morgan fingerprint density at radius 3 is 2.89 bits per heavy atom. The fourth-order valence-electron chi connectivity index (χ4n) is 1.25. The van der Waals surface area contributed by atoms with Gasteiger partial charge in [0.25, 0.3) is 0 Å². The van der Waals surface area contributed by atoms with E-state index in [1.54, 1.807) is 0 Å². The molecule has 0 aromatic heterocycles. The molecule has 1 aliphatic carbocycles. The molecule has 0 radical (unpaired) electrons. The van der Waals surface area contributed by atoms with E-state index in [2.05, 4.69) is 35.7 Å². The Morgan fingerprint density at radius 1 is 1.11 bits per heavy atom. The summed E-state index contributed by atoms with van der Waals surface area (Å²) in [6.07, 6.45) is 12.8. The summed E-state index contributed by atoms with van der Waals surface area (Å²) in [7, 11) is 0. The van der Waals surface area contributed by atoms with E-state index < -0.39 is 0 Å². The molecule has 1 heterocycles. The minimum absolute atomic E-state index is 0. The molecule has 0 spiro atoms. The lowest BCUT2D eigenvalue weighted by atomic mass is 9.98. The van der Waals surface area contributed by atoms with E-state index in [1.165, 1.54) is 0 Å². The highest BCUT2D eigenvalue weighted by atomic mass is 14.9. The van der Waals surface area contributed by atoms with Crippen LogP contribution in [0.4, 0.5) is 0 Å². The maximum atomic E-state index is 3.24. The SMILES string of the molecule is C1=CC2C=CNC2C=C1.[HH]. The van der Waals surface area contributed by atoms with Crippen LogP contribution in [0.1, 0.15) is 1.43 Å². The van der Waals surface area contributed by atoms with Crippen molar-refractivity contribution in [3.05, 3.63) is 36.6 Å². The van der Waals surface area contributed by atoms with Crippen molar-refractivity contribution in [2.75, 3.05) is 0 Å². The van der Waals surface area contributed by atoms with E-state index >= 15 is 0 Å². The predicted octanol–water partition coefficient (Wildman–Crippen LogP) is 1.46. The zero-order valence-corrected chi connectivity index (χ0v) is 5.12. The summed E-state index contributed by atoms with van der Waals surface area (Å²) in [4.78, 5) is 0. The Kier molecular flexibility index (Phi) is 0.950. The molecule has 48 valence electrons. The Bertz CT molecular complexity index is 193. The van der Waals surface area contributed by atoms with Crippen molar-refractivity contribution >= 4 is 0 Å². The Hall–Kier alpha value is -0.980. The number of fused-ring (bicyclic) bond motifs is 1. The summed E-state index contributed by atoms with van der Waals surface area (Å²) in [5.74, 6) is 0.606. The number of hydrogen-bond acceptors (Lipinski definition) is 1. The average molecular weight is 121 g/mol. The highest BCUT2D eigenvalue weighted by Crippen LogP contribution is 2.17. The quantitative estimate of drug-likeness (QED) is 0.511. The summed E-state index contributed by atoms with van der Waals surface area (Å²) in [6, 6.07) is 0.537. The number of hydrogen-bond donors (Lipinski definition) is 1. The fourth-order valence-corrected chi connectivity index (χ4v) is 1.25. The first-order valence-corrected chi connectivity index (χ1v) is 3.24. The molecule has 2 unspecified atom stereocenters. The first-order valence-electron chi connectivity index (χ1n) is 3.24. The van der Waals surface area contributed by atoms with Gasteiger partial charge in [0.05, 0.1) is 6.04 Å². The second-order valence-electron chi connectivity index (χ2n) is 2.40. The van der Waals surface area contributed by atoms with Gasteiger partial charge >= 0.3 is 0 Å². The number of nitrogens with one attached hydrogen (secondary N) is 1. The normalized spacial score (nSPS) is 36.4. The van der Waals surface area contributed by atoms with Crippen LogP contribution < -0.4 is 5.32 Å². The molecule has 0 aromatic carbocycles. The first-order chi connectivity index (χ1) is 4.47. The van der Waals surface area contributed by atoms with Gasteiger partial charge in [-0.05, 0) is 6.20 Å². The molecule has 0 saturated carbocycles. The molecule has 1 aliphatic heterocycles. The minimum Gasteiger partial charge on any atom is -0.384 e. The van der Waals surface area contributed by atoms with Crippen LogP contribution in [0.5, 0.6) is 0 Å². The van der Waals surface area contributed by atoms with Crippen LogP contribution in [-0.4, -0.2) is 6.04 Å². The third kappa shape index (κ3) is 0.689. The lowest BCUT2D eigenvalue weighted by Gasteiger charge is -2.14. The molecule has 0 aromatic rings. The molecule has 9 heavy (non-hydrogen) atoms. The van der Waals surface area contributed by atoms with Gasteiger partial charge in [0.1, 0.15) is 0 Å². The first kappa shape index (κ1) is 4.86. The lowest BCUT2D eigenvalue weighted by molar-refractivity contribution is 0.649. The topological polar surface area (TPSA) is 12.0 Å². The molecule has 1 N–H and O–H groups in total. The zero-order valence-electron chi connectivity index (χ0n) is 5.12. The summed E-state index contributed by atoms with van der Waals surface area (Å²) >= 11 is 0. The molecule has 2 aliphatic rings. The van der Waals surface area contributed by atoms with Crippen molar-refractivity contribution in [1.29, 1.82) is 0 Å². The van der Waals surface area contributed by atoms with E-state index in [0.29, 0.717) is 12.0 Å². The van der Waals surface area contributed by atoms with Crippen molar-refractivity contribution < 1.29 is 1.43 Å². The Morgan fingerprint density at radius 2 is 2.00 bits per heavy atom. The van der Waals surface area contributed by atoms with Gasteiger partial charge in [-0.2, -0.15) is 0 Å². The van der Waals surface area contributed by atoms with E-state index in [9.17, 15) is 0 Å². The Balaban J connectivity index is 0.000000500. The maximum Gasteiger partial charge on any atom is 0.0540 e. The van der Waals surface area contributed by atoms with Gasteiger partial charge in [-0.1, -0.05) is 30.4 Å². The van der Waals surface area contributed by atoms with Gasteiger partial charge < -0.3 is 5.32 Å². The molecule has 2 rings (SSSR count). The molecule has 1 nitrogen and oxygen atoms in total. The third-order valence-electron chi connectivity index (χ3n) is 1.78. The molecular formula is C8H11N. The van der Waals surface area contributed by atoms with Gasteiger partial charge in [-0.3, -0.25) is 0 Å². The van der Waals surface area contributed by atoms with Crippen molar-refractivity contribution in [1.82, 2.24) is 5.32 Å². The van der Waals surface area contributed by atoms with Crippen LogP contribution in [-0.2, 0) is 0 Å². The molecule has 0 saturated heterocycles. The standard InChI is InChI=1S/C8H9N.H2/c1-2-4-8-7(3-1)5-6-9-8;/h1-9H;1H.